The van der Waals surface area contributed by atoms with Gasteiger partial charge in [-0.25, -0.2) is 9.59 Å². The summed E-state index contributed by atoms with van der Waals surface area (Å²) in [5, 5.41) is 19.4. The van der Waals surface area contributed by atoms with E-state index in [4.69, 9.17) is 9.84 Å². The molecular weight excluding hydrogens is 266 g/mol. The summed E-state index contributed by atoms with van der Waals surface area (Å²) >= 11 is 0. The Bertz CT molecular complexity index is 489. The van der Waals surface area contributed by atoms with Crippen molar-refractivity contribution in [3.63, 3.8) is 0 Å². The maximum absolute atomic E-state index is 12.0. The fraction of sp³-hybridized carbons (Fsp3) is 0.636. The number of aryl methyl sites for hydroxylation is 1. The average Bonchev–Trinajstić information content (AvgIpc) is 2.92. The van der Waals surface area contributed by atoms with Crippen LogP contribution in [0.3, 0.4) is 0 Å². The van der Waals surface area contributed by atoms with Crippen LogP contribution >= 0.6 is 0 Å². The fourth-order valence-corrected chi connectivity index (χ4v) is 1.99. The molecule has 0 radical (unpaired) electrons. The maximum atomic E-state index is 12.0. The molecule has 0 bridgehead atoms. The first-order valence-electron chi connectivity index (χ1n) is 6.35. The van der Waals surface area contributed by atoms with Gasteiger partial charge in [0.05, 0.1) is 19.8 Å². The SMILES string of the molecule is CCn1cnnc1CNC(=O)N1CCOCC1C(=O)O. The van der Waals surface area contributed by atoms with Gasteiger partial charge in [0.25, 0.3) is 0 Å². The van der Waals surface area contributed by atoms with Gasteiger partial charge in [0.1, 0.15) is 6.33 Å². The monoisotopic (exact) mass is 283 g/mol. The van der Waals surface area contributed by atoms with Crippen LogP contribution in [-0.2, 0) is 22.6 Å². The first-order valence-corrected chi connectivity index (χ1v) is 6.35. The van der Waals surface area contributed by atoms with E-state index in [1.165, 1.54) is 4.90 Å². The standard InChI is InChI=1S/C11H17N5O4/c1-2-15-7-13-14-9(15)5-12-11(19)16-3-4-20-6-8(16)10(17)18/h7-8H,2-6H2,1H3,(H,12,19)(H,17,18). The summed E-state index contributed by atoms with van der Waals surface area (Å²) in [5.41, 5.74) is 0. The number of carboxylic acids is 1. The van der Waals surface area contributed by atoms with Gasteiger partial charge in [-0.1, -0.05) is 0 Å². The van der Waals surface area contributed by atoms with Crippen molar-refractivity contribution < 1.29 is 19.4 Å². The predicted molar refractivity (Wildman–Crippen MR) is 66.9 cm³/mol. The third kappa shape index (κ3) is 3.05. The summed E-state index contributed by atoms with van der Waals surface area (Å²) in [5.74, 6) is -0.447. The van der Waals surface area contributed by atoms with Crippen molar-refractivity contribution in [1.29, 1.82) is 0 Å². The Morgan fingerprint density at radius 3 is 3.10 bits per heavy atom. The number of morpholine rings is 1. The van der Waals surface area contributed by atoms with E-state index < -0.39 is 18.0 Å². The third-order valence-corrected chi connectivity index (χ3v) is 3.11. The number of nitrogens with one attached hydrogen (secondary N) is 1. The van der Waals surface area contributed by atoms with E-state index >= 15 is 0 Å². The maximum Gasteiger partial charge on any atom is 0.328 e. The summed E-state index contributed by atoms with van der Waals surface area (Å²) in [6, 6.07) is -1.39. The number of rotatable bonds is 4. The lowest BCUT2D eigenvalue weighted by Crippen LogP contribution is -2.55. The van der Waals surface area contributed by atoms with Gasteiger partial charge in [-0.15, -0.1) is 10.2 Å². The molecule has 1 aliphatic rings. The number of ether oxygens (including phenoxy) is 1. The van der Waals surface area contributed by atoms with Crippen molar-refractivity contribution >= 4 is 12.0 Å². The zero-order valence-electron chi connectivity index (χ0n) is 11.2. The summed E-state index contributed by atoms with van der Waals surface area (Å²) in [6.07, 6.45) is 1.58. The Hall–Kier alpha value is -2.16. The first-order chi connectivity index (χ1) is 9.63. The van der Waals surface area contributed by atoms with Crippen molar-refractivity contribution in [2.24, 2.45) is 0 Å². The molecule has 2 rings (SSSR count). The zero-order chi connectivity index (χ0) is 14.5. The van der Waals surface area contributed by atoms with Crippen LogP contribution in [-0.4, -0.2) is 62.6 Å². The van der Waals surface area contributed by atoms with Gasteiger partial charge in [0.2, 0.25) is 0 Å². The lowest BCUT2D eigenvalue weighted by atomic mass is 10.2. The highest BCUT2D eigenvalue weighted by molar-refractivity contribution is 5.82. The molecule has 0 saturated carbocycles. The van der Waals surface area contributed by atoms with Crippen LogP contribution in [0.2, 0.25) is 0 Å². The van der Waals surface area contributed by atoms with Crippen molar-refractivity contribution in [2.75, 3.05) is 19.8 Å². The molecule has 9 nitrogen and oxygen atoms in total. The number of hydrogen-bond acceptors (Lipinski definition) is 5. The molecule has 0 aromatic carbocycles. The molecule has 20 heavy (non-hydrogen) atoms. The number of aliphatic carboxylic acids is 1. The number of amides is 2. The second-order valence-electron chi connectivity index (χ2n) is 4.31. The van der Waals surface area contributed by atoms with Gasteiger partial charge in [-0.05, 0) is 6.92 Å². The van der Waals surface area contributed by atoms with Gasteiger partial charge >= 0.3 is 12.0 Å². The van der Waals surface area contributed by atoms with Crippen molar-refractivity contribution in [3.05, 3.63) is 12.2 Å². The van der Waals surface area contributed by atoms with Crippen LogP contribution in [0, 0.1) is 0 Å². The number of carbonyl (C=O) groups is 2. The van der Waals surface area contributed by atoms with Crippen LogP contribution in [0.25, 0.3) is 0 Å². The number of carboxylic acid groups (broad SMARTS) is 1. The largest absolute Gasteiger partial charge is 0.480 e. The minimum absolute atomic E-state index is 0.00783. The van der Waals surface area contributed by atoms with Crippen LogP contribution in [0.4, 0.5) is 4.79 Å². The molecule has 0 spiro atoms. The van der Waals surface area contributed by atoms with Crippen LogP contribution in [0.15, 0.2) is 6.33 Å². The molecule has 2 heterocycles. The Kier molecular flexibility index (Phi) is 4.51. The van der Waals surface area contributed by atoms with Gasteiger partial charge in [0.15, 0.2) is 11.9 Å². The quantitative estimate of drug-likeness (QED) is 0.755. The molecular formula is C11H17N5O4. The molecule has 1 atom stereocenters. The second kappa shape index (κ2) is 6.33. The lowest BCUT2D eigenvalue weighted by Gasteiger charge is -2.32. The van der Waals surface area contributed by atoms with Crippen LogP contribution < -0.4 is 5.32 Å². The van der Waals surface area contributed by atoms with E-state index in [1.54, 1.807) is 10.9 Å². The molecule has 1 aromatic heterocycles. The number of nitrogens with zero attached hydrogens (tertiary/aromatic N) is 4. The number of aromatic nitrogens is 3. The molecule has 1 unspecified atom stereocenters. The third-order valence-electron chi connectivity index (χ3n) is 3.11. The lowest BCUT2D eigenvalue weighted by molar-refractivity contribution is -0.147. The Labute approximate surface area is 115 Å². The Balaban J connectivity index is 1.95. The smallest absolute Gasteiger partial charge is 0.328 e. The number of hydrogen-bond donors (Lipinski definition) is 2. The zero-order valence-corrected chi connectivity index (χ0v) is 11.2. The Morgan fingerprint density at radius 2 is 2.40 bits per heavy atom. The summed E-state index contributed by atoms with van der Waals surface area (Å²) in [7, 11) is 0. The van der Waals surface area contributed by atoms with Crippen molar-refractivity contribution in [1.82, 2.24) is 25.0 Å². The predicted octanol–water partition coefficient (Wildman–Crippen LogP) is -0.707. The molecule has 1 aromatic rings. The highest BCUT2D eigenvalue weighted by atomic mass is 16.5. The topological polar surface area (TPSA) is 110 Å². The molecule has 2 N–H and O–H groups in total. The minimum atomic E-state index is -1.07. The van der Waals surface area contributed by atoms with Crippen LogP contribution in [0.1, 0.15) is 12.7 Å². The average molecular weight is 283 g/mol. The van der Waals surface area contributed by atoms with E-state index in [2.05, 4.69) is 15.5 Å². The van der Waals surface area contributed by atoms with Crippen LogP contribution in [0.5, 0.6) is 0 Å². The first kappa shape index (κ1) is 14.3. The molecule has 110 valence electrons. The summed E-state index contributed by atoms with van der Waals surface area (Å²) in [6.45, 7) is 3.44. The molecule has 9 heteroatoms. The van der Waals surface area contributed by atoms with Gasteiger partial charge in [-0.2, -0.15) is 0 Å². The second-order valence-corrected chi connectivity index (χ2v) is 4.31. The molecule has 1 saturated heterocycles. The minimum Gasteiger partial charge on any atom is -0.480 e. The highest BCUT2D eigenvalue weighted by Crippen LogP contribution is 2.07. The van der Waals surface area contributed by atoms with E-state index in [0.717, 1.165) is 0 Å². The number of urea groups is 1. The van der Waals surface area contributed by atoms with Gasteiger partial charge < -0.3 is 24.6 Å². The fourth-order valence-electron chi connectivity index (χ4n) is 1.99. The molecule has 0 aliphatic carbocycles. The molecule has 2 amide bonds. The van der Waals surface area contributed by atoms with E-state index in [1.807, 2.05) is 6.92 Å². The normalized spacial score (nSPS) is 18.9. The highest BCUT2D eigenvalue weighted by Gasteiger charge is 2.32. The van der Waals surface area contributed by atoms with Crippen molar-refractivity contribution in [2.45, 2.75) is 26.1 Å². The molecule has 1 aliphatic heterocycles. The summed E-state index contributed by atoms with van der Waals surface area (Å²) < 4.78 is 6.88. The Morgan fingerprint density at radius 1 is 1.60 bits per heavy atom. The van der Waals surface area contributed by atoms with E-state index in [9.17, 15) is 9.59 Å². The van der Waals surface area contributed by atoms with E-state index in [0.29, 0.717) is 19.0 Å². The summed E-state index contributed by atoms with van der Waals surface area (Å²) in [4.78, 5) is 24.4. The number of carbonyl (C=O) groups excluding carboxylic acids is 1. The van der Waals surface area contributed by atoms with Gasteiger partial charge in [-0.3, -0.25) is 0 Å². The molecule has 1 fully saturated rings. The van der Waals surface area contributed by atoms with Gasteiger partial charge in [0, 0.05) is 13.1 Å². The van der Waals surface area contributed by atoms with Crippen molar-refractivity contribution in [3.8, 4) is 0 Å². The van der Waals surface area contributed by atoms with E-state index in [-0.39, 0.29) is 19.7 Å².